The number of benzene rings is 1. The first-order valence-corrected chi connectivity index (χ1v) is 7.85. The first-order chi connectivity index (χ1) is 12.2. The van der Waals surface area contributed by atoms with Crippen LogP contribution in [0.3, 0.4) is 0 Å². The zero-order valence-electron chi connectivity index (χ0n) is 14.3. The second kappa shape index (κ2) is 8.03. The van der Waals surface area contributed by atoms with Gasteiger partial charge in [0.05, 0.1) is 0 Å². The van der Waals surface area contributed by atoms with E-state index in [0.29, 0.717) is 5.69 Å². The Hall–Kier alpha value is -2.84. The van der Waals surface area contributed by atoms with Crippen molar-refractivity contribution in [2.75, 3.05) is 11.9 Å². The van der Waals surface area contributed by atoms with Gasteiger partial charge in [0, 0.05) is 11.9 Å². The third-order valence-corrected chi connectivity index (χ3v) is 3.59. The Morgan fingerprint density at radius 2 is 2.00 bits per heavy atom. The summed E-state index contributed by atoms with van der Waals surface area (Å²) in [7, 11) is 0. The molecule has 9 heteroatoms. The van der Waals surface area contributed by atoms with E-state index in [0.717, 1.165) is 34.5 Å². The molecule has 2 aromatic rings. The predicted octanol–water partition coefficient (Wildman–Crippen LogP) is 2.95. The van der Waals surface area contributed by atoms with Crippen LogP contribution in [0.25, 0.3) is 0 Å². The summed E-state index contributed by atoms with van der Waals surface area (Å²) in [5, 5.41) is 5.93. The SMILES string of the molecule is CCc1cccc(C)c1NC(=O)COC(=O)Cn1ccc(C(F)(F)F)n1. The van der Waals surface area contributed by atoms with Crippen molar-refractivity contribution < 1.29 is 27.5 Å². The highest BCUT2D eigenvalue weighted by atomic mass is 19.4. The largest absolute Gasteiger partial charge is 0.454 e. The molecule has 1 aromatic heterocycles. The number of halogens is 3. The predicted molar refractivity (Wildman–Crippen MR) is 87.4 cm³/mol. The fourth-order valence-electron chi connectivity index (χ4n) is 2.30. The third kappa shape index (κ3) is 5.08. The van der Waals surface area contributed by atoms with E-state index < -0.39 is 36.9 Å². The van der Waals surface area contributed by atoms with Gasteiger partial charge in [0.1, 0.15) is 6.54 Å². The number of carbonyl (C=O) groups excluding carboxylic acids is 2. The molecule has 1 amide bonds. The van der Waals surface area contributed by atoms with Gasteiger partial charge in [-0.2, -0.15) is 18.3 Å². The number of esters is 1. The number of nitrogens with zero attached hydrogens (tertiary/aromatic N) is 2. The van der Waals surface area contributed by atoms with E-state index in [4.69, 9.17) is 4.74 Å². The summed E-state index contributed by atoms with van der Waals surface area (Å²) in [6.07, 6.45) is -2.84. The number of carbonyl (C=O) groups is 2. The van der Waals surface area contributed by atoms with Crippen molar-refractivity contribution in [3.8, 4) is 0 Å². The summed E-state index contributed by atoms with van der Waals surface area (Å²) >= 11 is 0. The molecule has 0 saturated carbocycles. The van der Waals surface area contributed by atoms with Crippen LogP contribution < -0.4 is 5.32 Å². The normalized spacial score (nSPS) is 11.3. The molecule has 0 fully saturated rings. The fraction of sp³-hybridized carbons (Fsp3) is 0.353. The lowest BCUT2D eigenvalue weighted by Crippen LogP contribution is -2.24. The number of para-hydroxylation sites is 1. The van der Waals surface area contributed by atoms with Gasteiger partial charge < -0.3 is 10.1 Å². The summed E-state index contributed by atoms with van der Waals surface area (Å²) in [6, 6.07) is 6.36. The molecule has 2 rings (SSSR count). The maximum atomic E-state index is 12.4. The Morgan fingerprint density at radius 3 is 2.62 bits per heavy atom. The van der Waals surface area contributed by atoms with E-state index in [9.17, 15) is 22.8 Å². The van der Waals surface area contributed by atoms with Crippen molar-refractivity contribution >= 4 is 17.6 Å². The van der Waals surface area contributed by atoms with Crippen molar-refractivity contribution in [3.63, 3.8) is 0 Å². The monoisotopic (exact) mass is 369 g/mol. The van der Waals surface area contributed by atoms with Crippen LogP contribution in [-0.4, -0.2) is 28.3 Å². The quantitative estimate of drug-likeness (QED) is 0.795. The number of hydrogen-bond acceptors (Lipinski definition) is 4. The molecule has 0 aliphatic carbocycles. The Morgan fingerprint density at radius 1 is 1.27 bits per heavy atom. The van der Waals surface area contributed by atoms with Crippen LogP contribution >= 0.6 is 0 Å². The molecule has 0 spiro atoms. The molecule has 0 aliphatic rings. The minimum absolute atomic E-state index is 0.520. The molecular formula is C17H18F3N3O3. The van der Waals surface area contributed by atoms with Crippen LogP contribution in [0.15, 0.2) is 30.5 Å². The van der Waals surface area contributed by atoms with Crippen LogP contribution in [0.4, 0.5) is 18.9 Å². The van der Waals surface area contributed by atoms with Crippen LogP contribution in [0, 0.1) is 6.92 Å². The lowest BCUT2D eigenvalue weighted by Gasteiger charge is -2.13. The highest BCUT2D eigenvalue weighted by Gasteiger charge is 2.33. The number of alkyl halides is 3. The number of nitrogens with one attached hydrogen (secondary N) is 1. The second-order valence-electron chi connectivity index (χ2n) is 5.57. The van der Waals surface area contributed by atoms with Crippen LogP contribution in [0.2, 0.25) is 0 Å². The molecule has 140 valence electrons. The second-order valence-corrected chi connectivity index (χ2v) is 5.57. The number of hydrogen-bond donors (Lipinski definition) is 1. The van der Waals surface area contributed by atoms with Gasteiger partial charge in [0.25, 0.3) is 5.91 Å². The standard InChI is InChI=1S/C17H18F3N3O3/c1-3-12-6-4-5-11(2)16(12)21-14(24)10-26-15(25)9-23-8-7-13(22-23)17(18,19)20/h4-8H,3,9-10H2,1-2H3,(H,21,24). The Kier molecular flexibility index (Phi) is 6.01. The van der Waals surface area contributed by atoms with Gasteiger partial charge in [-0.3, -0.25) is 14.3 Å². The van der Waals surface area contributed by atoms with E-state index in [1.807, 2.05) is 32.0 Å². The van der Waals surface area contributed by atoms with Gasteiger partial charge >= 0.3 is 12.1 Å². The van der Waals surface area contributed by atoms with Crippen LogP contribution in [0.1, 0.15) is 23.7 Å². The smallest absolute Gasteiger partial charge is 0.435 e. The number of aromatic nitrogens is 2. The molecule has 0 aliphatic heterocycles. The topological polar surface area (TPSA) is 73.2 Å². The molecule has 26 heavy (non-hydrogen) atoms. The van der Waals surface area contributed by atoms with Crippen LogP contribution in [-0.2, 0) is 33.5 Å². The molecule has 6 nitrogen and oxygen atoms in total. The van der Waals surface area contributed by atoms with Gasteiger partial charge in [-0.25, -0.2) is 0 Å². The third-order valence-electron chi connectivity index (χ3n) is 3.59. The molecule has 0 radical (unpaired) electrons. The number of anilines is 1. The zero-order chi connectivity index (χ0) is 19.3. The molecule has 1 N–H and O–H groups in total. The van der Waals surface area contributed by atoms with Gasteiger partial charge in [-0.05, 0) is 30.5 Å². The fourth-order valence-corrected chi connectivity index (χ4v) is 2.30. The Bertz CT molecular complexity index is 800. The van der Waals surface area contributed by atoms with E-state index >= 15 is 0 Å². The average molecular weight is 369 g/mol. The van der Waals surface area contributed by atoms with Crippen molar-refractivity contribution in [3.05, 3.63) is 47.3 Å². The van der Waals surface area contributed by atoms with Gasteiger partial charge in [0.15, 0.2) is 12.3 Å². The van der Waals surface area contributed by atoms with E-state index in [2.05, 4.69) is 10.4 Å². The van der Waals surface area contributed by atoms with Gasteiger partial charge in [-0.1, -0.05) is 25.1 Å². The highest BCUT2D eigenvalue weighted by Crippen LogP contribution is 2.27. The van der Waals surface area contributed by atoms with Crippen molar-refractivity contribution in [2.45, 2.75) is 33.0 Å². The molecule has 0 atom stereocenters. The molecular weight excluding hydrogens is 351 g/mol. The Balaban J connectivity index is 1.88. The van der Waals surface area contributed by atoms with E-state index in [1.54, 1.807) is 0 Å². The number of ether oxygens (including phenoxy) is 1. The van der Waals surface area contributed by atoms with Gasteiger partial charge in [0.2, 0.25) is 0 Å². The summed E-state index contributed by atoms with van der Waals surface area (Å²) in [6.45, 7) is 2.73. The first-order valence-electron chi connectivity index (χ1n) is 7.85. The molecule has 0 bridgehead atoms. The Labute approximate surface area is 147 Å². The number of aryl methyl sites for hydroxylation is 2. The van der Waals surface area contributed by atoms with Crippen molar-refractivity contribution in [2.24, 2.45) is 0 Å². The average Bonchev–Trinajstić information content (AvgIpc) is 3.03. The summed E-state index contributed by atoms with van der Waals surface area (Å²) < 4.78 is 42.9. The minimum Gasteiger partial charge on any atom is -0.454 e. The summed E-state index contributed by atoms with van der Waals surface area (Å²) in [5.41, 5.74) is 1.38. The van der Waals surface area contributed by atoms with Crippen LogP contribution in [0.5, 0.6) is 0 Å². The minimum atomic E-state index is -4.58. The first kappa shape index (κ1) is 19.5. The van der Waals surface area contributed by atoms with Gasteiger partial charge in [-0.15, -0.1) is 0 Å². The lowest BCUT2D eigenvalue weighted by atomic mass is 10.1. The van der Waals surface area contributed by atoms with E-state index in [1.165, 1.54) is 0 Å². The van der Waals surface area contributed by atoms with Crippen molar-refractivity contribution in [1.29, 1.82) is 0 Å². The van der Waals surface area contributed by atoms with E-state index in [-0.39, 0.29) is 0 Å². The molecule has 1 aromatic carbocycles. The summed E-state index contributed by atoms with van der Waals surface area (Å²) in [5.74, 6) is -1.39. The summed E-state index contributed by atoms with van der Waals surface area (Å²) in [4.78, 5) is 23.6. The molecule has 0 saturated heterocycles. The number of rotatable bonds is 6. The molecule has 1 heterocycles. The highest BCUT2D eigenvalue weighted by molar-refractivity contribution is 5.94. The maximum Gasteiger partial charge on any atom is 0.435 e. The number of amides is 1. The molecule has 0 unspecified atom stereocenters. The maximum absolute atomic E-state index is 12.4. The van der Waals surface area contributed by atoms with Crippen molar-refractivity contribution in [1.82, 2.24) is 9.78 Å². The zero-order valence-corrected chi connectivity index (χ0v) is 14.3. The lowest BCUT2D eigenvalue weighted by molar-refractivity contribution is -0.148.